The minimum atomic E-state index is -0.180. The normalized spacial score (nSPS) is 19.6. The number of ether oxygens (including phenoxy) is 1. The van der Waals surface area contributed by atoms with E-state index in [9.17, 15) is 4.79 Å². The van der Waals surface area contributed by atoms with E-state index in [0.717, 1.165) is 19.0 Å². The number of hydrogen-bond donors (Lipinski definition) is 0. The van der Waals surface area contributed by atoms with Gasteiger partial charge in [0.25, 0.3) is 0 Å². The number of piperidine rings is 1. The van der Waals surface area contributed by atoms with Crippen LogP contribution in [-0.4, -0.2) is 30.7 Å². The van der Waals surface area contributed by atoms with E-state index in [1.54, 1.807) is 0 Å². The van der Waals surface area contributed by atoms with Gasteiger partial charge < -0.3 is 4.74 Å². The first-order valence-corrected chi connectivity index (χ1v) is 5.58. The predicted molar refractivity (Wildman–Crippen MR) is 55.8 cm³/mol. The maximum atomic E-state index is 10.6. The van der Waals surface area contributed by atoms with Crippen LogP contribution in [-0.2, 0) is 9.53 Å². The minimum absolute atomic E-state index is 0.180. The van der Waals surface area contributed by atoms with Gasteiger partial charge in [0, 0.05) is 20.0 Å². The molecule has 0 atom stereocenters. The van der Waals surface area contributed by atoms with E-state index in [1.807, 2.05) is 0 Å². The van der Waals surface area contributed by atoms with E-state index in [0.29, 0.717) is 6.73 Å². The van der Waals surface area contributed by atoms with Crippen LogP contribution in [0, 0.1) is 5.92 Å². The van der Waals surface area contributed by atoms with Gasteiger partial charge in [0.05, 0.1) is 0 Å². The quantitative estimate of drug-likeness (QED) is 0.649. The van der Waals surface area contributed by atoms with Crippen molar-refractivity contribution in [2.45, 2.75) is 39.5 Å². The molecule has 3 nitrogen and oxygen atoms in total. The molecule has 0 aromatic heterocycles. The van der Waals surface area contributed by atoms with Crippen molar-refractivity contribution in [3.63, 3.8) is 0 Å². The standard InChI is InChI=1S/C11H21NO2/c1-3-4-11-5-7-12(8-6-11)9-14-10(2)13/h11H,3-9H2,1-2H3. The molecule has 1 aliphatic heterocycles. The molecule has 1 aliphatic rings. The summed E-state index contributed by atoms with van der Waals surface area (Å²) in [6, 6.07) is 0. The van der Waals surface area contributed by atoms with E-state index in [4.69, 9.17) is 4.74 Å². The average molecular weight is 199 g/mol. The molecule has 0 bridgehead atoms. The zero-order valence-corrected chi connectivity index (χ0v) is 9.29. The summed E-state index contributed by atoms with van der Waals surface area (Å²) in [5.74, 6) is 0.717. The van der Waals surface area contributed by atoms with Crippen LogP contribution in [0.5, 0.6) is 0 Å². The average Bonchev–Trinajstić information content (AvgIpc) is 2.17. The fourth-order valence-electron chi connectivity index (χ4n) is 1.99. The van der Waals surface area contributed by atoms with E-state index in [-0.39, 0.29) is 5.97 Å². The third-order valence-electron chi connectivity index (χ3n) is 2.85. The zero-order valence-electron chi connectivity index (χ0n) is 9.29. The summed E-state index contributed by atoms with van der Waals surface area (Å²) in [6.45, 7) is 6.35. The van der Waals surface area contributed by atoms with Gasteiger partial charge in [-0.25, -0.2) is 0 Å². The lowest BCUT2D eigenvalue weighted by Gasteiger charge is -2.31. The molecule has 1 rings (SSSR count). The number of hydrogen-bond acceptors (Lipinski definition) is 3. The molecule has 0 unspecified atom stereocenters. The van der Waals surface area contributed by atoms with Crippen molar-refractivity contribution in [3.05, 3.63) is 0 Å². The molecule has 0 N–H and O–H groups in total. The third-order valence-corrected chi connectivity index (χ3v) is 2.85. The van der Waals surface area contributed by atoms with Gasteiger partial charge >= 0.3 is 5.97 Å². The molecule has 0 aliphatic carbocycles. The number of likely N-dealkylation sites (tertiary alicyclic amines) is 1. The predicted octanol–water partition coefficient (Wildman–Crippen LogP) is 2.02. The SMILES string of the molecule is CCCC1CCN(COC(C)=O)CC1. The molecule has 0 radical (unpaired) electrons. The number of nitrogens with zero attached hydrogens (tertiary/aromatic N) is 1. The first-order chi connectivity index (χ1) is 6.72. The molecule has 3 heteroatoms. The Kier molecular flexibility index (Phi) is 4.94. The largest absolute Gasteiger partial charge is 0.450 e. The topological polar surface area (TPSA) is 29.5 Å². The van der Waals surface area contributed by atoms with Crippen molar-refractivity contribution in [1.29, 1.82) is 0 Å². The monoisotopic (exact) mass is 199 g/mol. The lowest BCUT2D eigenvalue weighted by atomic mass is 9.93. The summed E-state index contributed by atoms with van der Waals surface area (Å²) in [5, 5.41) is 0. The molecular weight excluding hydrogens is 178 g/mol. The minimum Gasteiger partial charge on any atom is -0.450 e. The van der Waals surface area contributed by atoms with Gasteiger partial charge in [0.15, 0.2) is 0 Å². The van der Waals surface area contributed by atoms with Gasteiger partial charge in [0.1, 0.15) is 6.73 Å². The molecule has 0 aromatic carbocycles. The molecule has 14 heavy (non-hydrogen) atoms. The second-order valence-electron chi connectivity index (χ2n) is 4.12. The molecule has 82 valence electrons. The van der Waals surface area contributed by atoms with Crippen LogP contribution in [0.15, 0.2) is 0 Å². The van der Waals surface area contributed by atoms with Crippen molar-refractivity contribution in [2.24, 2.45) is 5.92 Å². The van der Waals surface area contributed by atoms with Crippen molar-refractivity contribution in [3.8, 4) is 0 Å². The summed E-state index contributed by atoms with van der Waals surface area (Å²) in [5.41, 5.74) is 0. The van der Waals surface area contributed by atoms with E-state index >= 15 is 0 Å². The molecule has 0 amide bonds. The first kappa shape index (κ1) is 11.5. The molecule has 0 spiro atoms. The van der Waals surface area contributed by atoms with Crippen molar-refractivity contribution < 1.29 is 9.53 Å². The number of esters is 1. The Morgan fingerprint density at radius 3 is 2.57 bits per heavy atom. The highest BCUT2D eigenvalue weighted by atomic mass is 16.5. The highest BCUT2D eigenvalue weighted by molar-refractivity contribution is 5.65. The summed E-state index contributed by atoms with van der Waals surface area (Å²) >= 11 is 0. The Bertz CT molecular complexity index is 174. The summed E-state index contributed by atoms with van der Waals surface area (Å²) in [6.07, 6.45) is 5.15. The molecule has 1 fully saturated rings. The molecule has 0 aromatic rings. The Balaban J connectivity index is 2.12. The number of carbonyl (C=O) groups is 1. The number of carbonyl (C=O) groups excluding carboxylic acids is 1. The van der Waals surface area contributed by atoms with E-state index in [1.165, 1.54) is 32.6 Å². The van der Waals surface area contributed by atoms with Crippen molar-refractivity contribution >= 4 is 5.97 Å². The highest BCUT2D eigenvalue weighted by Crippen LogP contribution is 2.21. The Morgan fingerprint density at radius 1 is 1.43 bits per heavy atom. The van der Waals surface area contributed by atoms with E-state index in [2.05, 4.69) is 11.8 Å². The summed E-state index contributed by atoms with van der Waals surface area (Å²) in [4.78, 5) is 12.8. The van der Waals surface area contributed by atoms with Gasteiger partial charge in [-0.05, 0) is 18.8 Å². The van der Waals surface area contributed by atoms with Gasteiger partial charge in [-0.1, -0.05) is 19.8 Å². The second-order valence-corrected chi connectivity index (χ2v) is 4.12. The van der Waals surface area contributed by atoms with Crippen molar-refractivity contribution in [2.75, 3.05) is 19.8 Å². The Morgan fingerprint density at radius 2 is 2.07 bits per heavy atom. The summed E-state index contributed by atoms with van der Waals surface area (Å²) < 4.78 is 4.96. The molecular formula is C11H21NO2. The van der Waals surface area contributed by atoms with Gasteiger partial charge in [-0.3, -0.25) is 9.69 Å². The fraction of sp³-hybridized carbons (Fsp3) is 0.909. The van der Waals surface area contributed by atoms with Gasteiger partial charge in [0.2, 0.25) is 0 Å². The fourth-order valence-corrected chi connectivity index (χ4v) is 1.99. The van der Waals surface area contributed by atoms with Crippen LogP contribution in [0.4, 0.5) is 0 Å². The smallest absolute Gasteiger partial charge is 0.303 e. The van der Waals surface area contributed by atoms with Crippen molar-refractivity contribution in [1.82, 2.24) is 4.90 Å². The Labute approximate surface area is 86.4 Å². The summed E-state index contributed by atoms with van der Waals surface area (Å²) in [7, 11) is 0. The van der Waals surface area contributed by atoms with Gasteiger partial charge in [-0.15, -0.1) is 0 Å². The van der Waals surface area contributed by atoms with E-state index < -0.39 is 0 Å². The second kappa shape index (κ2) is 6.02. The highest BCUT2D eigenvalue weighted by Gasteiger charge is 2.18. The maximum Gasteiger partial charge on any atom is 0.303 e. The van der Waals surface area contributed by atoms with Gasteiger partial charge in [-0.2, -0.15) is 0 Å². The van der Waals surface area contributed by atoms with Crippen LogP contribution in [0.2, 0.25) is 0 Å². The molecule has 1 heterocycles. The molecule has 0 saturated carbocycles. The maximum absolute atomic E-state index is 10.6. The molecule has 1 saturated heterocycles. The van der Waals surface area contributed by atoms with Crippen LogP contribution in [0.3, 0.4) is 0 Å². The lowest BCUT2D eigenvalue weighted by Crippen LogP contribution is -2.35. The Hall–Kier alpha value is -0.570. The van der Waals surface area contributed by atoms with Crippen LogP contribution >= 0.6 is 0 Å². The van der Waals surface area contributed by atoms with Crippen LogP contribution in [0.25, 0.3) is 0 Å². The van der Waals surface area contributed by atoms with Crippen LogP contribution in [0.1, 0.15) is 39.5 Å². The third kappa shape index (κ3) is 4.09. The number of rotatable bonds is 4. The van der Waals surface area contributed by atoms with Crippen LogP contribution < -0.4 is 0 Å². The first-order valence-electron chi connectivity index (χ1n) is 5.58. The zero-order chi connectivity index (χ0) is 10.4. The lowest BCUT2D eigenvalue weighted by molar-refractivity contribution is -0.146.